The molecule has 1 saturated heterocycles. The fourth-order valence-electron chi connectivity index (χ4n) is 6.06. The van der Waals surface area contributed by atoms with E-state index in [1.807, 2.05) is 121 Å². The van der Waals surface area contributed by atoms with Crippen LogP contribution in [-0.2, 0) is 53.1 Å². The Hall–Kier alpha value is -3.68. The zero-order chi connectivity index (χ0) is 36.1. The third kappa shape index (κ3) is 10.2. The Morgan fingerprint density at radius 1 is 0.824 bits per heavy atom. The van der Waals surface area contributed by atoms with Gasteiger partial charge in [-0.2, -0.15) is 0 Å². The van der Waals surface area contributed by atoms with Crippen LogP contribution in [0.2, 0.25) is 0 Å². The summed E-state index contributed by atoms with van der Waals surface area (Å²) in [4.78, 5) is 26.3. The Bertz CT molecular complexity index is 1640. The van der Waals surface area contributed by atoms with Crippen molar-refractivity contribution in [1.29, 1.82) is 0 Å². The van der Waals surface area contributed by atoms with Gasteiger partial charge in [0.15, 0.2) is 0 Å². The van der Waals surface area contributed by atoms with E-state index in [2.05, 4.69) is 5.32 Å². The molecular weight excluding hydrogens is 687 g/mol. The summed E-state index contributed by atoms with van der Waals surface area (Å²) in [6.45, 7) is 1.88. The molecule has 0 radical (unpaired) electrons. The number of aliphatic hydroxyl groups excluding tert-OH is 1. The van der Waals surface area contributed by atoms with Gasteiger partial charge < -0.3 is 34.1 Å². The molecule has 9 nitrogen and oxygen atoms in total. The Labute approximate surface area is 308 Å². The first kappa shape index (κ1) is 38.5. The van der Waals surface area contributed by atoms with Crippen LogP contribution in [-0.4, -0.2) is 77.6 Å². The maximum Gasteiger partial charge on any atom is 0.350 e. The van der Waals surface area contributed by atoms with Gasteiger partial charge in [-0.05, 0) is 35.1 Å². The Morgan fingerprint density at radius 3 is 1.88 bits per heavy atom. The van der Waals surface area contributed by atoms with E-state index >= 15 is 0 Å². The van der Waals surface area contributed by atoms with Gasteiger partial charge in [0, 0.05) is 11.8 Å². The van der Waals surface area contributed by atoms with Gasteiger partial charge in [-0.25, -0.2) is 4.79 Å². The first-order valence-corrected chi connectivity index (χ1v) is 18.9. The monoisotopic (exact) mass is 731 g/mol. The summed E-state index contributed by atoms with van der Waals surface area (Å²) >= 11 is 2.59. The first-order valence-electron chi connectivity index (χ1n) is 16.8. The minimum absolute atomic E-state index is 0.108. The molecule has 5 rings (SSSR count). The van der Waals surface area contributed by atoms with Crippen LogP contribution in [0.4, 0.5) is 0 Å². The van der Waals surface area contributed by atoms with Crippen LogP contribution >= 0.6 is 23.5 Å². The fraction of sp³-hybridized carbons (Fsp3) is 0.350. The maximum atomic E-state index is 14.1. The number of ether oxygens (including phenoxy) is 5. The highest BCUT2D eigenvalue weighted by Gasteiger charge is 2.62. The largest absolute Gasteiger partial charge is 0.466 e. The number of methoxy groups -OCH3 is 1. The van der Waals surface area contributed by atoms with Crippen LogP contribution in [0.25, 0.3) is 0 Å². The molecule has 51 heavy (non-hydrogen) atoms. The number of carbonyl (C=O) groups excluding carboxylic acids is 2. The molecule has 0 unspecified atom stereocenters. The lowest BCUT2D eigenvalue weighted by atomic mass is 9.88. The summed E-state index contributed by atoms with van der Waals surface area (Å²) in [5, 5.41) is 14.2. The van der Waals surface area contributed by atoms with Gasteiger partial charge in [-0.15, -0.1) is 23.5 Å². The number of esters is 1. The summed E-state index contributed by atoms with van der Waals surface area (Å²) < 4.78 is 31.7. The molecule has 0 aromatic heterocycles. The molecule has 1 amide bonds. The molecular formula is C40H45NO8S2. The quantitative estimate of drug-likeness (QED) is 0.125. The van der Waals surface area contributed by atoms with E-state index in [1.165, 1.54) is 37.6 Å². The molecule has 4 aromatic rings. The van der Waals surface area contributed by atoms with Crippen molar-refractivity contribution >= 4 is 35.4 Å². The van der Waals surface area contributed by atoms with Gasteiger partial charge in [0.25, 0.3) is 0 Å². The highest BCUT2D eigenvalue weighted by molar-refractivity contribution is 8.04. The number of hydrogen-bond acceptors (Lipinski definition) is 10. The molecule has 0 spiro atoms. The SMILES string of the molecule is COC(=O)[C@]1(SC)O[C@@H]([C@H](OCc2ccccc2)[C@H](O)COCc2ccccc2)[C@H](NC(C)=O)[C@@H](OCc2ccccc2)[C@@H]1Sc1ccccc1. The Balaban J connectivity index is 1.58. The van der Waals surface area contributed by atoms with E-state index < -0.39 is 46.6 Å². The van der Waals surface area contributed by atoms with Gasteiger partial charge in [-0.3, -0.25) is 4.79 Å². The average molecular weight is 732 g/mol. The molecule has 1 fully saturated rings. The van der Waals surface area contributed by atoms with E-state index in [0.29, 0.717) is 0 Å². The molecule has 270 valence electrons. The second-order valence-corrected chi connectivity index (χ2v) is 14.3. The standard InChI is InChI=1S/C40H45NO8S2/c1-28(42)41-34-36(35(47-25-30-18-10-5-11-19-30)33(43)27-46-24-29-16-8-4-9-17-29)49-40(50-3,39(44)45-2)38(51-32-22-14-7-15-23-32)37(34)48-26-31-20-12-6-13-21-31/h4-23,33-38,43H,24-27H2,1-3H3,(H,41,42)/t33-,34+,35-,36-,37-,38+,40+/m1/s1. The molecule has 1 aliphatic heterocycles. The highest BCUT2D eigenvalue weighted by Crippen LogP contribution is 2.49. The lowest BCUT2D eigenvalue weighted by molar-refractivity contribution is -0.222. The van der Waals surface area contributed by atoms with E-state index in [0.717, 1.165) is 21.6 Å². The lowest BCUT2D eigenvalue weighted by Crippen LogP contribution is -2.72. The van der Waals surface area contributed by atoms with Crippen molar-refractivity contribution in [2.45, 2.75) is 72.3 Å². The maximum absolute atomic E-state index is 14.1. The van der Waals surface area contributed by atoms with Crippen molar-refractivity contribution in [1.82, 2.24) is 5.32 Å². The van der Waals surface area contributed by atoms with E-state index in [-0.39, 0.29) is 32.3 Å². The van der Waals surface area contributed by atoms with Crippen molar-refractivity contribution in [2.24, 2.45) is 0 Å². The second-order valence-electron chi connectivity index (χ2n) is 12.1. The van der Waals surface area contributed by atoms with Crippen LogP contribution < -0.4 is 5.32 Å². The number of nitrogens with one attached hydrogen (secondary N) is 1. The van der Waals surface area contributed by atoms with Gasteiger partial charge in [0.1, 0.15) is 18.3 Å². The van der Waals surface area contributed by atoms with E-state index in [9.17, 15) is 14.7 Å². The molecule has 4 aromatic carbocycles. The molecule has 0 bridgehead atoms. The van der Waals surface area contributed by atoms with Crippen molar-refractivity contribution in [2.75, 3.05) is 20.0 Å². The molecule has 2 N–H and O–H groups in total. The Morgan fingerprint density at radius 2 is 1.35 bits per heavy atom. The zero-order valence-corrected chi connectivity index (χ0v) is 30.6. The Kier molecular flexibility index (Phi) is 14.5. The third-order valence-corrected chi connectivity index (χ3v) is 11.2. The van der Waals surface area contributed by atoms with E-state index in [4.69, 9.17) is 23.7 Å². The summed E-state index contributed by atoms with van der Waals surface area (Å²) in [6.07, 6.45) is -2.46. The summed E-state index contributed by atoms with van der Waals surface area (Å²) in [7, 11) is 1.32. The topological polar surface area (TPSA) is 113 Å². The van der Waals surface area contributed by atoms with E-state index in [1.54, 1.807) is 6.26 Å². The van der Waals surface area contributed by atoms with Crippen LogP contribution in [0.15, 0.2) is 126 Å². The average Bonchev–Trinajstić information content (AvgIpc) is 3.16. The van der Waals surface area contributed by atoms with Crippen molar-refractivity contribution in [3.63, 3.8) is 0 Å². The number of aliphatic hydroxyl groups is 1. The normalized spacial score (nSPS) is 22.8. The summed E-state index contributed by atoms with van der Waals surface area (Å²) in [6, 6.07) is 37.6. The molecule has 11 heteroatoms. The molecule has 0 saturated carbocycles. The minimum atomic E-state index is -1.64. The van der Waals surface area contributed by atoms with Crippen molar-refractivity contribution < 1.29 is 38.4 Å². The minimum Gasteiger partial charge on any atom is -0.466 e. The van der Waals surface area contributed by atoms with Crippen LogP contribution in [0.5, 0.6) is 0 Å². The smallest absolute Gasteiger partial charge is 0.350 e. The molecule has 1 aliphatic rings. The van der Waals surface area contributed by atoms with Gasteiger partial charge in [0.2, 0.25) is 10.8 Å². The third-order valence-electron chi connectivity index (χ3n) is 8.52. The number of carbonyl (C=O) groups is 2. The number of amides is 1. The number of thioether (sulfide) groups is 2. The fourth-order valence-corrected chi connectivity index (χ4v) is 8.62. The van der Waals surface area contributed by atoms with Crippen LogP contribution in [0.1, 0.15) is 23.6 Å². The zero-order valence-electron chi connectivity index (χ0n) is 29.0. The lowest BCUT2D eigenvalue weighted by Gasteiger charge is -2.52. The molecule has 7 atom stereocenters. The van der Waals surface area contributed by atoms with Gasteiger partial charge >= 0.3 is 5.97 Å². The first-order chi connectivity index (χ1) is 24.8. The van der Waals surface area contributed by atoms with Crippen molar-refractivity contribution in [3.8, 4) is 0 Å². The predicted octanol–water partition coefficient (Wildman–Crippen LogP) is 6.03. The second kappa shape index (κ2) is 19.2. The molecule has 0 aliphatic carbocycles. The van der Waals surface area contributed by atoms with Crippen molar-refractivity contribution in [3.05, 3.63) is 138 Å². The number of rotatable bonds is 17. The van der Waals surface area contributed by atoms with Crippen LogP contribution in [0, 0.1) is 0 Å². The van der Waals surface area contributed by atoms with Gasteiger partial charge in [-0.1, -0.05) is 109 Å². The summed E-state index contributed by atoms with van der Waals surface area (Å²) in [5.74, 6) is -0.962. The van der Waals surface area contributed by atoms with Gasteiger partial charge in [0.05, 0.1) is 50.9 Å². The predicted molar refractivity (Wildman–Crippen MR) is 199 cm³/mol. The number of benzene rings is 4. The molecule has 1 heterocycles. The highest BCUT2D eigenvalue weighted by atomic mass is 32.2. The number of hydrogen-bond donors (Lipinski definition) is 2. The summed E-state index contributed by atoms with van der Waals surface area (Å²) in [5.41, 5.74) is 2.72. The van der Waals surface area contributed by atoms with Crippen LogP contribution in [0.3, 0.4) is 0 Å².